The fourth-order valence-corrected chi connectivity index (χ4v) is 3.95. The molecule has 0 heterocycles. The van der Waals surface area contributed by atoms with Crippen LogP contribution in [0.2, 0.25) is 0 Å². The van der Waals surface area contributed by atoms with Crippen molar-refractivity contribution in [3.63, 3.8) is 0 Å². The predicted molar refractivity (Wildman–Crippen MR) is 151 cm³/mol. The first-order chi connectivity index (χ1) is 18.8. The van der Waals surface area contributed by atoms with Crippen molar-refractivity contribution in [3.05, 3.63) is 144 Å². The summed E-state index contributed by atoms with van der Waals surface area (Å²) >= 11 is 0. The largest absolute Gasteiger partial charge is 3.00 e. The van der Waals surface area contributed by atoms with Gasteiger partial charge in [-0.15, -0.1) is 0 Å². The Bertz CT molecular complexity index is 1600. The third-order valence-electron chi connectivity index (χ3n) is 5.96. The van der Waals surface area contributed by atoms with Crippen LogP contribution < -0.4 is 15.3 Å². The quantitative estimate of drug-likeness (QED) is 0.297. The van der Waals surface area contributed by atoms with E-state index in [1.807, 2.05) is 72.8 Å². The first-order valence-electron chi connectivity index (χ1n) is 11.9. The summed E-state index contributed by atoms with van der Waals surface area (Å²) in [7, 11) is 0. The van der Waals surface area contributed by atoms with Gasteiger partial charge in [-0.05, 0) is 67.2 Å². The van der Waals surface area contributed by atoms with E-state index < -0.39 is 17.9 Å². The topological polar surface area (TPSA) is 120 Å². The first-order valence-corrected chi connectivity index (χ1v) is 11.9. The van der Waals surface area contributed by atoms with Gasteiger partial charge in [0.25, 0.3) is 0 Å². The minimum absolute atomic E-state index is 0. The second-order valence-corrected chi connectivity index (χ2v) is 8.55. The molecule has 0 aliphatic rings. The van der Waals surface area contributed by atoms with E-state index >= 15 is 0 Å². The Kier molecular flexibility index (Phi) is 10.4. The van der Waals surface area contributed by atoms with Gasteiger partial charge < -0.3 is 29.7 Å². The molecule has 6 nitrogen and oxygen atoms in total. The van der Waals surface area contributed by atoms with E-state index in [4.69, 9.17) is 0 Å². The summed E-state index contributed by atoms with van der Waals surface area (Å²) in [6.45, 7) is 0. The van der Waals surface area contributed by atoms with Crippen LogP contribution >= 0.6 is 0 Å². The summed E-state index contributed by atoms with van der Waals surface area (Å²) in [4.78, 5) is 31.6. The molecule has 40 heavy (non-hydrogen) atoms. The van der Waals surface area contributed by atoms with Crippen molar-refractivity contribution in [1.29, 1.82) is 0 Å². The number of fused-ring (bicyclic) bond motifs is 3. The van der Waals surface area contributed by atoms with E-state index in [0.717, 1.165) is 32.3 Å². The molecule has 0 saturated heterocycles. The van der Waals surface area contributed by atoms with Crippen LogP contribution in [0.1, 0.15) is 31.1 Å². The maximum Gasteiger partial charge on any atom is 3.00 e. The molecule has 0 fully saturated rings. The zero-order chi connectivity index (χ0) is 27.8. The molecule has 0 radical (unpaired) electrons. The SMILES string of the molecule is O=C([O-])c1ccc2ccccc2c1.O=C([O-])c1ccc2ccccc2c1.O=C([O-])c1ccc2ccccc2c1.[In+3]. The molecule has 6 aromatic rings. The van der Waals surface area contributed by atoms with Crippen LogP contribution in [-0.2, 0) is 0 Å². The van der Waals surface area contributed by atoms with Crippen LogP contribution in [0, 0.1) is 0 Å². The molecule has 0 atom stereocenters. The molecule has 0 spiro atoms. The molecule has 0 saturated carbocycles. The number of rotatable bonds is 3. The van der Waals surface area contributed by atoms with E-state index in [0.29, 0.717) is 0 Å². The van der Waals surface area contributed by atoms with Crippen molar-refractivity contribution >= 4 is 76.1 Å². The van der Waals surface area contributed by atoms with E-state index in [-0.39, 0.29) is 42.5 Å². The Morgan fingerprint density at radius 3 is 0.800 bits per heavy atom. The van der Waals surface area contributed by atoms with Gasteiger partial charge in [0.1, 0.15) is 0 Å². The predicted octanol–water partition coefficient (Wildman–Crippen LogP) is 3.23. The van der Waals surface area contributed by atoms with Gasteiger partial charge in [0.15, 0.2) is 0 Å². The van der Waals surface area contributed by atoms with E-state index in [1.54, 1.807) is 54.6 Å². The van der Waals surface area contributed by atoms with Crippen molar-refractivity contribution < 1.29 is 29.7 Å². The summed E-state index contributed by atoms with van der Waals surface area (Å²) in [6.07, 6.45) is 0. The smallest absolute Gasteiger partial charge is 0.545 e. The molecule has 0 amide bonds. The van der Waals surface area contributed by atoms with E-state index in [1.165, 1.54) is 0 Å². The molecule has 0 bridgehead atoms. The number of carbonyl (C=O) groups excluding carboxylic acids is 3. The standard InChI is InChI=1S/3C11H8O2.In/c3*12-11(13)10-6-5-8-3-1-2-4-9(8)7-10;/h3*1-7H,(H,12,13);/q;;;+3/p-3. The average Bonchev–Trinajstić information content (AvgIpc) is 2.97. The van der Waals surface area contributed by atoms with Crippen molar-refractivity contribution in [1.82, 2.24) is 0 Å². The Morgan fingerprint density at radius 2 is 0.575 bits per heavy atom. The normalized spacial score (nSPS) is 9.90. The van der Waals surface area contributed by atoms with Crippen LogP contribution in [0.4, 0.5) is 0 Å². The minimum Gasteiger partial charge on any atom is -0.545 e. The molecule has 0 unspecified atom stereocenters. The van der Waals surface area contributed by atoms with Crippen molar-refractivity contribution in [3.8, 4) is 0 Å². The summed E-state index contributed by atoms with van der Waals surface area (Å²) in [6, 6.07) is 37.7. The summed E-state index contributed by atoms with van der Waals surface area (Å²) < 4.78 is 0. The van der Waals surface area contributed by atoms with Crippen LogP contribution in [-0.4, -0.2) is 43.8 Å². The first kappa shape index (κ1) is 29.9. The molecule has 0 N–H and O–H groups in total. The van der Waals surface area contributed by atoms with Gasteiger partial charge in [0.05, 0.1) is 17.9 Å². The van der Waals surface area contributed by atoms with Crippen LogP contribution in [0.5, 0.6) is 0 Å². The molecule has 6 aromatic carbocycles. The fourth-order valence-electron chi connectivity index (χ4n) is 3.95. The van der Waals surface area contributed by atoms with Gasteiger partial charge >= 0.3 is 25.8 Å². The second-order valence-electron chi connectivity index (χ2n) is 8.55. The number of aromatic carboxylic acids is 3. The number of benzene rings is 6. The molecule has 0 aliphatic carbocycles. The summed E-state index contributed by atoms with van der Waals surface area (Å²) in [5.74, 6) is -3.40. The van der Waals surface area contributed by atoms with Gasteiger partial charge in [-0.2, -0.15) is 0 Å². The Balaban J connectivity index is 0.000000163. The zero-order valence-corrected chi connectivity index (χ0v) is 24.4. The number of hydrogen-bond acceptors (Lipinski definition) is 6. The van der Waals surface area contributed by atoms with Gasteiger partial charge in [0.2, 0.25) is 0 Å². The van der Waals surface area contributed by atoms with Crippen LogP contribution in [0.15, 0.2) is 127 Å². The number of carboxylic acids is 3. The number of hydrogen-bond donors (Lipinski definition) is 0. The Labute approximate surface area is 248 Å². The molecule has 6 rings (SSSR count). The minimum atomic E-state index is -1.13. The zero-order valence-electron chi connectivity index (χ0n) is 21.2. The molecular formula is C33H21InO6. The fraction of sp³-hybridized carbons (Fsp3) is 0. The Morgan fingerprint density at radius 1 is 0.350 bits per heavy atom. The van der Waals surface area contributed by atoms with E-state index in [2.05, 4.69) is 0 Å². The van der Waals surface area contributed by atoms with Gasteiger partial charge in [-0.3, -0.25) is 0 Å². The van der Waals surface area contributed by atoms with Crippen LogP contribution in [0.3, 0.4) is 0 Å². The van der Waals surface area contributed by atoms with Gasteiger partial charge in [-0.1, -0.05) is 109 Å². The average molecular weight is 628 g/mol. The number of carboxylic acid groups (broad SMARTS) is 3. The molecule has 192 valence electrons. The van der Waals surface area contributed by atoms with Crippen molar-refractivity contribution in [2.75, 3.05) is 0 Å². The van der Waals surface area contributed by atoms with Crippen LogP contribution in [0.25, 0.3) is 32.3 Å². The van der Waals surface area contributed by atoms with Crippen molar-refractivity contribution in [2.45, 2.75) is 0 Å². The maximum absolute atomic E-state index is 10.5. The number of carbonyl (C=O) groups is 3. The molecule has 0 aromatic heterocycles. The third-order valence-corrected chi connectivity index (χ3v) is 5.96. The molecule has 7 heteroatoms. The van der Waals surface area contributed by atoms with Gasteiger partial charge in [-0.25, -0.2) is 0 Å². The maximum atomic E-state index is 10.5. The Hall–Kier alpha value is -4.62. The van der Waals surface area contributed by atoms with E-state index in [9.17, 15) is 29.7 Å². The molecule has 0 aliphatic heterocycles. The third kappa shape index (κ3) is 7.71. The second kappa shape index (κ2) is 14.0. The summed E-state index contributed by atoms with van der Waals surface area (Å²) in [5, 5.41) is 37.5. The molecular weight excluding hydrogens is 607 g/mol. The van der Waals surface area contributed by atoms with Gasteiger partial charge in [0, 0.05) is 0 Å². The summed E-state index contributed by atoms with van der Waals surface area (Å²) in [5.41, 5.74) is 0.663. The monoisotopic (exact) mass is 628 g/mol. The van der Waals surface area contributed by atoms with Crippen molar-refractivity contribution in [2.24, 2.45) is 0 Å².